The van der Waals surface area contributed by atoms with E-state index in [0.29, 0.717) is 5.92 Å². The maximum absolute atomic E-state index is 12.4. The molecule has 1 aromatic heterocycles. The van der Waals surface area contributed by atoms with Gasteiger partial charge in [0.1, 0.15) is 0 Å². The van der Waals surface area contributed by atoms with Gasteiger partial charge in [-0.05, 0) is 91.5 Å². The Balaban J connectivity index is 1.40. The van der Waals surface area contributed by atoms with Gasteiger partial charge in [-0.15, -0.1) is 11.3 Å². The largest absolute Gasteiger partial charge is 0.323 e. The zero-order valence-electron chi connectivity index (χ0n) is 17.7. The fourth-order valence-corrected chi connectivity index (χ4v) is 5.33. The number of fused-ring (bicyclic) bond motifs is 1. The van der Waals surface area contributed by atoms with Gasteiger partial charge in [0.25, 0.3) is 0 Å². The number of likely N-dealkylation sites (tertiary alicyclic amines) is 1. The number of urea groups is 1. The molecule has 1 aliphatic rings. The average molecular weight is 422 g/mol. The number of anilines is 2. The summed E-state index contributed by atoms with van der Waals surface area (Å²) in [7, 11) is 0. The van der Waals surface area contributed by atoms with Gasteiger partial charge in [-0.3, -0.25) is 0 Å². The standard InChI is InChI=1S/C25H31N3OS/c1-2-3-7-14-28-15-12-19(13-16-28)23-18-30-24-11-10-21(17-22(23)24)27-25(29)26-20-8-5-4-6-9-20/h4-6,8-11,17-19H,2-3,7,12-16H2,1H3,(H2,26,27,29). The fourth-order valence-electron chi connectivity index (χ4n) is 4.31. The summed E-state index contributed by atoms with van der Waals surface area (Å²) in [5.41, 5.74) is 3.08. The van der Waals surface area contributed by atoms with Crippen LogP contribution in [-0.2, 0) is 0 Å². The highest BCUT2D eigenvalue weighted by Gasteiger charge is 2.22. The Morgan fingerprint density at radius 3 is 2.57 bits per heavy atom. The van der Waals surface area contributed by atoms with Crippen LogP contribution in [0.15, 0.2) is 53.9 Å². The number of amides is 2. The van der Waals surface area contributed by atoms with Gasteiger partial charge in [0, 0.05) is 16.1 Å². The Morgan fingerprint density at radius 2 is 1.80 bits per heavy atom. The van der Waals surface area contributed by atoms with Crippen molar-refractivity contribution in [3.63, 3.8) is 0 Å². The summed E-state index contributed by atoms with van der Waals surface area (Å²) in [5.74, 6) is 0.620. The van der Waals surface area contributed by atoms with E-state index in [2.05, 4.69) is 40.0 Å². The first-order valence-electron chi connectivity index (χ1n) is 11.1. The highest BCUT2D eigenvalue weighted by molar-refractivity contribution is 7.17. The van der Waals surface area contributed by atoms with Crippen LogP contribution in [0.3, 0.4) is 0 Å². The van der Waals surface area contributed by atoms with Gasteiger partial charge in [-0.1, -0.05) is 38.0 Å². The second kappa shape index (κ2) is 10.1. The quantitative estimate of drug-likeness (QED) is 0.407. The number of benzene rings is 2. The van der Waals surface area contributed by atoms with Gasteiger partial charge in [0.2, 0.25) is 0 Å². The molecule has 1 saturated heterocycles. The Kier molecular flexibility index (Phi) is 7.03. The normalized spacial score (nSPS) is 15.4. The summed E-state index contributed by atoms with van der Waals surface area (Å²) in [6, 6.07) is 15.6. The average Bonchev–Trinajstić information content (AvgIpc) is 3.18. The minimum Gasteiger partial charge on any atom is -0.308 e. The predicted molar refractivity (Wildman–Crippen MR) is 129 cm³/mol. The van der Waals surface area contributed by atoms with Crippen molar-refractivity contribution in [1.29, 1.82) is 0 Å². The van der Waals surface area contributed by atoms with Crippen molar-refractivity contribution in [1.82, 2.24) is 4.90 Å². The third kappa shape index (κ3) is 5.21. The van der Waals surface area contributed by atoms with Gasteiger partial charge in [-0.2, -0.15) is 0 Å². The number of para-hydroxylation sites is 1. The van der Waals surface area contributed by atoms with E-state index in [1.165, 1.54) is 67.4 Å². The molecule has 1 aliphatic heterocycles. The van der Waals surface area contributed by atoms with E-state index in [-0.39, 0.29) is 6.03 Å². The number of carbonyl (C=O) groups is 1. The van der Waals surface area contributed by atoms with Crippen molar-refractivity contribution < 1.29 is 4.79 Å². The summed E-state index contributed by atoms with van der Waals surface area (Å²) in [4.78, 5) is 15.0. The molecule has 4 rings (SSSR count). The van der Waals surface area contributed by atoms with Crippen LogP contribution in [0.4, 0.5) is 16.2 Å². The van der Waals surface area contributed by atoms with Crippen LogP contribution >= 0.6 is 11.3 Å². The van der Waals surface area contributed by atoms with E-state index in [0.717, 1.165) is 11.4 Å². The molecule has 0 unspecified atom stereocenters. The molecule has 0 atom stereocenters. The minimum absolute atomic E-state index is 0.210. The molecule has 0 bridgehead atoms. The number of hydrogen-bond donors (Lipinski definition) is 2. The molecular formula is C25H31N3OS. The lowest BCUT2D eigenvalue weighted by Gasteiger charge is -2.32. The van der Waals surface area contributed by atoms with Crippen molar-refractivity contribution in [2.75, 3.05) is 30.3 Å². The lowest BCUT2D eigenvalue weighted by Crippen LogP contribution is -2.33. The van der Waals surface area contributed by atoms with Crippen LogP contribution in [0.25, 0.3) is 10.1 Å². The van der Waals surface area contributed by atoms with Gasteiger partial charge >= 0.3 is 6.03 Å². The summed E-state index contributed by atoms with van der Waals surface area (Å²) in [5, 5.41) is 9.49. The van der Waals surface area contributed by atoms with E-state index in [9.17, 15) is 4.79 Å². The van der Waals surface area contributed by atoms with Crippen LogP contribution in [0.5, 0.6) is 0 Å². The molecule has 3 aromatic rings. The Morgan fingerprint density at radius 1 is 1.03 bits per heavy atom. The first-order chi connectivity index (χ1) is 14.7. The zero-order chi connectivity index (χ0) is 20.8. The molecule has 30 heavy (non-hydrogen) atoms. The maximum Gasteiger partial charge on any atom is 0.323 e. The lowest BCUT2D eigenvalue weighted by molar-refractivity contribution is 0.209. The number of hydrogen-bond acceptors (Lipinski definition) is 3. The van der Waals surface area contributed by atoms with Crippen molar-refractivity contribution in [3.05, 3.63) is 59.5 Å². The summed E-state index contributed by atoms with van der Waals surface area (Å²) in [6.07, 6.45) is 6.40. The highest BCUT2D eigenvalue weighted by Crippen LogP contribution is 2.38. The fraction of sp³-hybridized carbons (Fsp3) is 0.400. The predicted octanol–water partition coefficient (Wildman–Crippen LogP) is 6.91. The van der Waals surface area contributed by atoms with Gasteiger partial charge in [0.15, 0.2) is 0 Å². The van der Waals surface area contributed by atoms with Crippen molar-refractivity contribution >= 4 is 38.8 Å². The molecule has 2 aromatic carbocycles. The molecule has 0 aliphatic carbocycles. The van der Waals surface area contributed by atoms with E-state index in [1.54, 1.807) is 0 Å². The van der Waals surface area contributed by atoms with Crippen molar-refractivity contribution in [3.8, 4) is 0 Å². The first kappa shape index (κ1) is 20.9. The Labute approximate surface area is 183 Å². The van der Waals surface area contributed by atoms with Crippen molar-refractivity contribution in [2.24, 2.45) is 0 Å². The van der Waals surface area contributed by atoms with Crippen LogP contribution in [0.2, 0.25) is 0 Å². The number of nitrogens with one attached hydrogen (secondary N) is 2. The highest BCUT2D eigenvalue weighted by atomic mass is 32.1. The topological polar surface area (TPSA) is 44.4 Å². The Bertz CT molecular complexity index is 961. The monoisotopic (exact) mass is 421 g/mol. The molecule has 5 heteroatoms. The molecule has 2 N–H and O–H groups in total. The van der Waals surface area contributed by atoms with Crippen LogP contribution < -0.4 is 10.6 Å². The number of nitrogens with zero attached hydrogens (tertiary/aromatic N) is 1. The molecule has 158 valence electrons. The Hall–Kier alpha value is -2.37. The summed E-state index contributed by atoms with van der Waals surface area (Å²) < 4.78 is 1.30. The van der Waals surface area contributed by atoms with E-state index in [4.69, 9.17) is 0 Å². The number of piperidine rings is 1. The SMILES string of the molecule is CCCCCN1CCC(c2csc3ccc(NC(=O)Nc4ccccc4)cc23)CC1. The van der Waals surface area contributed by atoms with E-state index < -0.39 is 0 Å². The van der Waals surface area contributed by atoms with Crippen molar-refractivity contribution in [2.45, 2.75) is 44.9 Å². The molecular weight excluding hydrogens is 390 g/mol. The molecule has 0 saturated carbocycles. The van der Waals surface area contributed by atoms with Crippen LogP contribution in [0, 0.1) is 0 Å². The zero-order valence-corrected chi connectivity index (χ0v) is 18.5. The summed E-state index contributed by atoms with van der Waals surface area (Å²) in [6.45, 7) is 5.91. The second-order valence-electron chi connectivity index (χ2n) is 8.17. The van der Waals surface area contributed by atoms with Gasteiger partial charge in [-0.25, -0.2) is 4.79 Å². The third-order valence-electron chi connectivity index (χ3n) is 6.00. The molecule has 0 radical (unpaired) electrons. The van der Waals surface area contributed by atoms with Gasteiger partial charge < -0.3 is 15.5 Å². The summed E-state index contributed by atoms with van der Waals surface area (Å²) >= 11 is 1.81. The molecule has 1 fully saturated rings. The molecule has 4 nitrogen and oxygen atoms in total. The van der Waals surface area contributed by atoms with E-state index >= 15 is 0 Å². The van der Waals surface area contributed by atoms with Crippen LogP contribution in [-0.4, -0.2) is 30.6 Å². The van der Waals surface area contributed by atoms with E-state index in [1.807, 2.05) is 47.7 Å². The van der Waals surface area contributed by atoms with Crippen LogP contribution in [0.1, 0.15) is 50.5 Å². The smallest absolute Gasteiger partial charge is 0.308 e. The lowest BCUT2D eigenvalue weighted by atomic mass is 9.89. The number of rotatable bonds is 7. The van der Waals surface area contributed by atoms with Gasteiger partial charge in [0.05, 0.1) is 0 Å². The molecule has 0 spiro atoms. The number of unbranched alkanes of at least 4 members (excludes halogenated alkanes) is 2. The maximum atomic E-state index is 12.4. The second-order valence-corrected chi connectivity index (χ2v) is 9.08. The minimum atomic E-state index is -0.210. The molecule has 2 amide bonds. The first-order valence-corrected chi connectivity index (χ1v) is 12.0. The third-order valence-corrected chi connectivity index (χ3v) is 6.98. The number of thiophene rings is 1. The molecule has 2 heterocycles. The number of carbonyl (C=O) groups excluding carboxylic acids is 1.